The third-order valence-corrected chi connectivity index (χ3v) is 4.16. The molecule has 0 atom stereocenters. The van der Waals surface area contributed by atoms with Gasteiger partial charge in [-0.25, -0.2) is 4.98 Å². The molecule has 2 N–H and O–H groups in total. The van der Waals surface area contributed by atoms with E-state index in [0.29, 0.717) is 30.8 Å². The van der Waals surface area contributed by atoms with E-state index < -0.39 is 0 Å². The number of carbonyl (C=O) groups is 2. The van der Waals surface area contributed by atoms with Gasteiger partial charge in [-0.1, -0.05) is 24.3 Å². The van der Waals surface area contributed by atoms with Crippen LogP contribution in [0.2, 0.25) is 0 Å². The SMILES string of the molecule is Cc1nc2c(C)cccn2c1C(=O)NCCCC(=O)Nc1ccccc1. The molecule has 2 aromatic heterocycles. The smallest absolute Gasteiger partial charge is 0.270 e. The molecule has 2 heterocycles. The Morgan fingerprint density at radius 1 is 1.08 bits per heavy atom. The van der Waals surface area contributed by atoms with Crippen LogP contribution in [0.25, 0.3) is 5.65 Å². The number of anilines is 1. The average molecular weight is 350 g/mol. The second kappa shape index (κ2) is 7.82. The van der Waals surface area contributed by atoms with Crippen molar-refractivity contribution in [3.05, 3.63) is 65.6 Å². The second-order valence-corrected chi connectivity index (χ2v) is 6.20. The van der Waals surface area contributed by atoms with Gasteiger partial charge < -0.3 is 10.6 Å². The van der Waals surface area contributed by atoms with Gasteiger partial charge in [0.2, 0.25) is 5.91 Å². The Morgan fingerprint density at radius 3 is 2.62 bits per heavy atom. The molecule has 0 aliphatic carbocycles. The fourth-order valence-electron chi connectivity index (χ4n) is 2.87. The predicted octanol–water partition coefficient (Wildman–Crippen LogP) is 3.10. The van der Waals surface area contributed by atoms with E-state index in [0.717, 1.165) is 16.9 Å². The van der Waals surface area contributed by atoms with Gasteiger partial charge in [0.15, 0.2) is 0 Å². The highest BCUT2D eigenvalue weighted by Gasteiger charge is 2.16. The van der Waals surface area contributed by atoms with Gasteiger partial charge in [0.05, 0.1) is 5.69 Å². The van der Waals surface area contributed by atoms with E-state index in [4.69, 9.17) is 0 Å². The Labute approximate surface area is 152 Å². The molecule has 1 aromatic carbocycles. The molecule has 134 valence electrons. The molecule has 0 bridgehead atoms. The summed E-state index contributed by atoms with van der Waals surface area (Å²) in [5.74, 6) is -0.240. The molecule has 2 amide bonds. The fourth-order valence-corrected chi connectivity index (χ4v) is 2.87. The molecule has 0 aliphatic heterocycles. The molecule has 0 fully saturated rings. The number of fused-ring (bicyclic) bond motifs is 1. The van der Waals surface area contributed by atoms with Gasteiger partial charge in [-0.15, -0.1) is 0 Å². The van der Waals surface area contributed by atoms with Crippen LogP contribution in [0, 0.1) is 13.8 Å². The van der Waals surface area contributed by atoms with Crippen molar-refractivity contribution in [3.63, 3.8) is 0 Å². The summed E-state index contributed by atoms with van der Waals surface area (Å²) in [4.78, 5) is 28.9. The van der Waals surface area contributed by atoms with Crippen molar-refractivity contribution in [2.45, 2.75) is 26.7 Å². The molecular weight excluding hydrogens is 328 g/mol. The summed E-state index contributed by atoms with van der Waals surface area (Å²) in [6.45, 7) is 4.23. The summed E-state index contributed by atoms with van der Waals surface area (Å²) >= 11 is 0. The highest BCUT2D eigenvalue weighted by atomic mass is 16.2. The van der Waals surface area contributed by atoms with Gasteiger partial charge >= 0.3 is 0 Å². The molecule has 0 aliphatic rings. The van der Waals surface area contributed by atoms with E-state index in [-0.39, 0.29) is 11.8 Å². The number of pyridine rings is 1. The number of hydrogen-bond acceptors (Lipinski definition) is 3. The number of benzene rings is 1. The van der Waals surface area contributed by atoms with Crippen LogP contribution in [0.4, 0.5) is 5.69 Å². The van der Waals surface area contributed by atoms with Crippen LogP contribution >= 0.6 is 0 Å². The van der Waals surface area contributed by atoms with Crippen molar-refractivity contribution in [2.75, 3.05) is 11.9 Å². The Hall–Kier alpha value is -3.15. The number of amides is 2. The first-order chi connectivity index (χ1) is 12.6. The number of hydrogen-bond donors (Lipinski definition) is 2. The Bertz CT molecular complexity index is 932. The minimum atomic E-state index is -0.177. The molecule has 0 saturated carbocycles. The molecule has 3 rings (SSSR count). The first kappa shape index (κ1) is 17.7. The van der Waals surface area contributed by atoms with Crippen LogP contribution in [0.1, 0.15) is 34.6 Å². The highest BCUT2D eigenvalue weighted by Crippen LogP contribution is 2.15. The lowest BCUT2D eigenvalue weighted by Gasteiger charge is -2.07. The van der Waals surface area contributed by atoms with E-state index in [1.165, 1.54) is 0 Å². The number of para-hydroxylation sites is 1. The number of aromatic nitrogens is 2. The maximum Gasteiger partial charge on any atom is 0.270 e. The normalized spacial score (nSPS) is 10.7. The zero-order valence-corrected chi connectivity index (χ0v) is 15.0. The summed E-state index contributed by atoms with van der Waals surface area (Å²) in [5, 5.41) is 5.71. The number of imidazole rings is 1. The van der Waals surface area contributed by atoms with Crippen LogP contribution in [0.15, 0.2) is 48.7 Å². The number of nitrogens with zero attached hydrogens (tertiary/aromatic N) is 2. The maximum absolute atomic E-state index is 12.5. The Morgan fingerprint density at radius 2 is 1.85 bits per heavy atom. The van der Waals surface area contributed by atoms with E-state index >= 15 is 0 Å². The molecule has 0 radical (unpaired) electrons. The largest absolute Gasteiger partial charge is 0.351 e. The van der Waals surface area contributed by atoms with Gasteiger partial charge in [0, 0.05) is 24.8 Å². The average Bonchev–Trinajstić information content (AvgIpc) is 2.97. The third-order valence-electron chi connectivity index (χ3n) is 4.16. The minimum Gasteiger partial charge on any atom is -0.351 e. The molecule has 0 saturated heterocycles. The monoisotopic (exact) mass is 350 g/mol. The van der Waals surface area contributed by atoms with Crippen molar-refractivity contribution in [3.8, 4) is 0 Å². The predicted molar refractivity (Wildman–Crippen MR) is 101 cm³/mol. The standard InChI is InChI=1S/C20H22N4O2/c1-14-8-7-13-24-18(15(2)22-19(14)24)20(26)21-12-6-11-17(25)23-16-9-4-3-5-10-16/h3-5,7-10,13H,6,11-12H2,1-2H3,(H,21,26)(H,23,25). The van der Waals surface area contributed by atoms with E-state index in [1.807, 2.05) is 66.9 Å². The molecular formula is C20H22N4O2. The van der Waals surface area contributed by atoms with Crippen LogP contribution < -0.4 is 10.6 Å². The Kier molecular flexibility index (Phi) is 5.31. The molecule has 0 unspecified atom stereocenters. The molecule has 26 heavy (non-hydrogen) atoms. The van der Waals surface area contributed by atoms with Crippen LogP contribution in [0.5, 0.6) is 0 Å². The van der Waals surface area contributed by atoms with Crippen LogP contribution in [-0.2, 0) is 4.79 Å². The maximum atomic E-state index is 12.5. The van der Waals surface area contributed by atoms with Crippen molar-refractivity contribution < 1.29 is 9.59 Å². The Balaban J connectivity index is 1.53. The zero-order chi connectivity index (χ0) is 18.5. The highest BCUT2D eigenvalue weighted by molar-refractivity contribution is 5.95. The van der Waals surface area contributed by atoms with Crippen molar-refractivity contribution in [1.29, 1.82) is 0 Å². The fraction of sp³-hybridized carbons (Fsp3) is 0.250. The van der Waals surface area contributed by atoms with Crippen molar-refractivity contribution in [1.82, 2.24) is 14.7 Å². The van der Waals surface area contributed by atoms with Gasteiger partial charge in [0.1, 0.15) is 11.3 Å². The van der Waals surface area contributed by atoms with Gasteiger partial charge in [-0.05, 0) is 44.0 Å². The second-order valence-electron chi connectivity index (χ2n) is 6.20. The van der Waals surface area contributed by atoms with Crippen LogP contribution in [0.3, 0.4) is 0 Å². The molecule has 3 aromatic rings. The number of aryl methyl sites for hydroxylation is 2. The summed E-state index contributed by atoms with van der Waals surface area (Å²) in [5.41, 5.74) is 3.82. The van der Waals surface area contributed by atoms with Gasteiger partial charge in [0.25, 0.3) is 5.91 Å². The number of rotatable bonds is 6. The van der Waals surface area contributed by atoms with Crippen molar-refractivity contribution in [2.24, 2.45) is 0 Å². The molecule has 6 heteroatoms. The van der Waals surface area contributed by atoms with Gasteiger partial charge in [-0.3, -0.25) is 14.0 Å². The lowest BCUT2D eigenvalue weighted by molar-refractivity contribution is -0.116. The summed E-state index contributed by atoms with van der Waals surface area (Å²) in [6.07, 6.45) is 2.75. The lowest BCUT2D eigenvalue weighted by atomic mass is 10.2. The molecule has 6 nitrogen and oxygen atoms in total. The quantitative estimate of drug-likeness (QED) is 0.671. The third kappa shape index (κ3) is 3.91. The van der Waals surface area contributed by atoms with Crippen molar-refractivity contribution >= 4 is 23.1 Å². The zero-order valence-electron chi connectivity index (χ0n) is 15.0. The van der Waals surface area contributed by atoms with Gasteiger partial charge in [-0.2, -0.15) is 0 Å². The summed E-state index contributed by atoms with van der Waals surface area (Å²) < 4.78 is 1.81. The van der Waals surface area contributed by atoms with E-state index in [2.05, 4.69) is 15.6 Å². The first-order valence-corrected chi connectivity index (χ1v) is 8.63. The lowest BCUT2D eigenvalue weighted by Crippen LogP contribution is -2.27. The topological polar surface area (TPSA) is 75.5 Å². The minimum absolute atomic E-state index is 0.0629. The molecule has 0 spiro atoms. The summed E-state index contributed by atoms with van der Waals surface area (Å²) in [7, 11) is 0. The number of carbonyl (C=O) groups excluding carboxylic acids is 2. The first-order valence-electron chi connectivity index (χ1n) is 8.63. The summed E-state index contributed by atoms with van der Waals surface area (Å²) in [6, 6.07) is 13.2. The van der Waals surface area contributed by atoms with E-state index in [9.17, 15) is 9.59 Å². The van der Waals surface area contributed by atoms with Crippen LogP contribution in [-0.4, -0.2) is 27.7 Å². The van der Waals surface area contributed by atoms with E-state index in [1.54, 1.807) is 0 Å². The number of nitrogens with one attached hydrogen (secondary N) is 2.